The molecule has 11 heteroatoms. The van der Waals surface area contributed by atoms with Crippen LogP contribution < -0.4 is 4.74 Å². The van der Waals surface area contributed by atoms with Gasteiger partial charge in [0.2, 0.25) is 0 Å². The van der Waals surface area contributed by atoms with E-state index in [1.54, 1.807) is 49.4 Å². The van der Waals surface area contributed by atoms with Crippen molar-refractivity contribution in [2.45, 2.75) is 31.8 Å². The Morgan fingerprint density at radius 2 is 1.42 bits per heavy atom. The first-order valence-electron chi connectivity index (χ1n) is 14.5. The van der Waals surface area contributed by atoms with Gasteiger partial charge in [0.15, 0.2) is 0 Å². The lowest BCUT2D eigenvalue weighted by Gasteiger charge is -2.42. The summed E-state index contributed by atoms with van der Waals surface area (Å²) in [7, 11) is 0. The highest BCUT2D eigenvalue weighted by Gasteiger charge is 2.41. The van der Waals surface area contributed by atoms with E-state index in [9.17, 15) is 28.3 Å². The maximum atomic E-state index is 13.6. The second-order valence-electron chi connectivity index (χ2n) is 10.4. The number of hydrogen-bond donors (Lipinski definition) is 3. The molecule has 3 aromatic carbocycles. The van der Waals surface area contributed by atoms with E-state index >= 15 is 0 Å². The lowest BCUT2D eigenvalue weighted by molar-refractivity contribution is -0.134. The van der Waals surface area contributed by atoms with E-state index in [2.05, 4.69) is 4.90 Å². The Kier molecular flexibility index (Phi) is 13.2. The van der Waals surface area contributed by atoms with Crippen LogP contribution in [0.3, 0.4) is 0 Å². The van der Waals surface area contributed by atoms with Gasteiger partial charge in [0.1, 0.15) is 23.0 Å². The number of hydrogen-bond acceptors (Lipinski definition) is 7. The molecule has 3 aromatic rings. The van der Waals surface area contributed by atoms with Gasteiger partial charge in [-0.1, -0.05) is 30.3 Å². The Balaban J connectivity index is 0.000000610. The van der Waals surface area contributed by atoms with Crippen molar-refractivity contribution in [1.29, 1.82) is 0 Å². The fourth-order valence-electron chi connectivity index (χ4n) is 5.17. The SMILES string of the molecule is CCOC(=O)c1cccc(OCCCN2CCC(C(O)(c3ccc(F)cc3)c3ccc(F)cc3)CC2)c1.O=C(O)/C=C/C(=O)O. The number of nitrogens with zero attached hydrogens (tertiary/aromatic N) is 1. The van der Waals surface area contributed by atoms with Crippen LogP contribution >= 0.6 is 0 Å². The van der Waals surface area contributed by atoms with Crippen LogP contribution in [0.5, 0.6) is 5.75 Å². The normalized spacial score (nSPS) is 14.0. The number of carboxylic acids is 2. The number of carboxylic acid groups (broad SMARTS) is 2. The van der Waals surface area contributed by atoms with E-state index in [0.717, 1.165) is 38.9 Å². The molecule has 0 unspecified atom stereocenters. The molecular formula is C34H37F2NO8. The fraction of sp³-hybridized carbons (Fsp3) is 0.324. The number of likely N-dealkylation sites (tertiary alicyclic amines) is 1. The lowest BCUT2D eigenvalue weighted by atomic mass is 9.72. The number of aliphatic carboxylic acids is 2. The van der Waals surface area contributed by atoms with Crippen LogP contribution in [0.4, 0.5) is 8.78 Å². The van der Waals surface area contributed by atoms with Gasteiger partial charge in [-0.05, 0) is 98.8 Å². The Morgan fingerprint density at radius 3 is 1.91 bits per heavy atom. The van der Waals surface area contributed by atoms with Gasteiger partial charge in [-0.25, -0.2) is 23.2 Å². The molecule has 1 saturated heterocycles. The third-order valence-corrected chi connectivity index (χ3v) is 7.35. The van der Waals surface area contributed by atoms with E-state index in [-0.39, 0.29) is 23.5 Å². The van der Waals surface area contributed by atoms with E-state index < -0.39 is 17.5 Å². The molecule has 240 valence electrons. The summed E-state index contributed by atoms with van der Waals surface area (Å²) in [4.78, 5) is 33.4. The average molecular weight is 626 g/mol. The summed E-state index contributed by atoms with van der Waals surface area (Å²) in [5.41, 5.74) is 0.353. The summed E-state index contributed by atoms with van der Waals surface area (Å²) in [5, 5.41) is 27.6. The van der Waals surface area contributed by atoms with Gasteiger partial charge in [-0.15, -0.1) is 0 Å². The third-order valence-electron chi connectivity index (χ3n) is 7.35. The Hall–Kier alpha value is -4.61. The van der Waals surface area contributed by atoms with Gasteiger partial charge in [0.05, 0.1) is 18.8 Å². The second-order valence-corrected chi connectivity index (χ2v) is 10.4. The first kappa shape index (κ1) is 34.9. The van der Waals surface area contributed by atoms with Gasteiger partial charge in [0, 0.05) is 18.7 Å². The summed E-state index contributed by atoms with van der Waals surface area (Å²) in [6.07, 6.45) is 3.42. The van der Waals surface area contributed by atoms with Gasteiger partial charge in [-0.2, -0.15) is 0 Å². The molecule has 0 atom stereocenters. The van der Waals surface area contributed by atoms with Crippen LogP contribution in [0.25, 0.3) is 0 Å². The van der Waals surface area contributed by atoms with Crippen molar-refractivity contribution >= 4 is 17.9 Å². The molecule has 1 fully saturated rings. The van der Waals surface area contributed by atoms with E-state index in [0.29, 0.717) is 47.8 Å². The molecule has 0 spiro atoms. The standard InChI is InChI=1S/C30H33F2NO4.C4H4O4/c1-2-36-29(34)22-5-3-6-28(21-22)37-20-4-17-33-18-15-25(16-19-33)30(35,23-7-11-26(31)12-8-23)24-9-13-27(32)14-10-24;5-3(6)1-2-4(7)8/h3,5-14,21,25,35H,2,4,15-20H2,1H3;1-2H,(H,5,6)(H,7,8)/b;2-1+. The molecule has 0 radical (unpaired) electrons. The van der Waals surface area contributed by atoms with E-state index in [4.69, 9.17) is 19.7 Å². The van der Waals surface area contributed by atoms with Crippen molar-refractivity contribution in [1.82, 2.24) is 4.90 Å². The number of rotatable bonds is 12. The highest BCUT2D eigenvalue weighted by atomic mass is 19.1. The van der Waals surface area contributed by atoms with Gasteiger partial charge < -0.3 is 29.7 Å². The van der Waals surface area contributed by atoms with Crippen LogP contribution in [-0.2, 0) is 19.9 Å². The van der Waals surface area contributed by atoms with Crippen molar-refractivity contribution in [2.75, 3.05) is 32.8 Å². The zero-order valence-electron chi connectivity index (χ0n) is 24.9. The zero-order valence-corrected chi connectivity index (χ0v) is 24.9. The van der Waals surface area contributed by atoms with Crippen molar-refractivity contribution in [3.63, 3.8) is 0 Å². The highest BCUT2D eigenvalue weighted by molar-refractivity contribution is 5.90. The van der Waals surface area contributed by atoms with Crippen LogP contribution in [0.1, 0.15) is 47.7 Å². The number of carbonyl (C=O) groups excluding carboxylic acids is 1. The molecular weight excluding hydrogens is 588 g/mol. The second kappa shape index (κ2) is 17.0. The molecule has 1 aliphatic rings. The molecule has 9 nitrogen and oxygen atoms in total. The molecule has 0 aliphatic carbocycles. The van der Waals surface area contributed by atoms with Gasteiger partial charge >= 0.3 is 17.9 Å². The minimum absolute atomic E-state index is 0.0958. The van der Waals surface area contributed by atoms with Crippen molar-refractivity contribution < 1.29 is 48.0 Å². The summed E-state index contributed by atoms with van der Waals surface area (Å²) in [5.74, 6) is -3.07. The number of carbonyl (C=O) groups is 3. The number of piperidine rings is 1. The summed E-state index contributed by atoms with van der Waals surface area (Å²) in [6, 6.07) is 18.8. The molecule has 1 aliphatic heterocycles. The summed E-state index contributed by atoms with van der Waals surface area (Å²) >= 11 is 0. The predicted octanol–water partition coefficient (Wildman–Crippen LogP) is 5.27. The molecule has 45 heavy (non-hydrogen) atoms. The molecule has 1 heterocycles. The lowest BCUT2D eigenvalue weighted by Crippen LogP contribution is -2.44. The zero-order chi connectivity index (χ0) is 32.8. The molecule has 4 rings (SSSR count). The maximum Gasteiger partial charge on any atom is 0.338 e. The largest absolute Gasteiger partial charge is 0.494 e. The minimum atomic E-state index is -1.33. The molecule has 3 N–H and O–H groups in total. The van der Waals surface area contributed by atoms with Crippen LogP contribution in [0.2, 0.25) is 0 Å². The fourth-order valence-corrected chi connectivity index (χ4v) is 5.17. The quantitative estimate of drug-likeness (QED) is 0.140. The minimum Gasteiger partial charge on any atom is -0.494 e. The van der Waals surface area contributed by atoms with Crippen molar-refractivity contribution in [3.8, 4) is 5.75 Å². The number of ether oxygens (including phenoxy) is 2. The number of halogens is 2. The predicted molar refractivity (Wildman–Crippen MR) is 162 cm³/mol. The monoisotopic (exact) mass is 625 g/mol. The van der Waals surface area contributed by atoms with Crippen LogP contribution in [0.15, 0.2) is 84.9 Å². The number of benzene rings is 3. The van der Waals surface area contributed by atoms with Crippen molar-refractivity contribution in [2.24, 2.45) is 5.92 Å². The Labute approximate surface area is 260 Å². The maximum absolute atomic E-state index is 13.6. The molecule has 0 amide bonds. The molecule has 0 saturated carbocycles. The van der Waals surface area contributed by atoms with Gasteiger partial charge in [0.25, 0.3) is 0 Å². The smallest absolute Gasteiger partial charge is 0.338 e. The summed E-state index contributed by atoms with van der Waals surface area (Å²) in [6.45, 7) is 5.05. The number of aliphatic hydroxyl groups is 1. The van der Waals surface area contributed by atoms with Gasteiger partial charge in [-0.3, -0.25) is 0 Å². The first-order chi connectivity index (χ1) is 21.5. The van der Waals surface area contributed by atoms with Crippen LogP contribution in [0, 0.1) is 17.6 Å². The topological polar surface area (TPSA) is 134 Å². The summed E-state index contributed by atoms with van der Waals surface area (Å²) < 4.78 is 38.1. The van der Waals surface area contributed by atoms with E-state index in [1.165, 1.54) is 24.3 Å². The first-order valence-corrected chi connectivity index (χ1v) is 14.5. The van der Waals surface area contributed by atoms with Crippen LogP contribution in [-0.4, -0.2) is 71.0 Å². The highest BCUT2D eigenvalue weighted by Crippen LogP contribution is 2.42. The Bertz CT molecular complexity index is 1370. The molecule has 0 aromatic heterocycles. The average Bonchev–Trinajstić information content (AvgIpc) is 3.03. The Morgan fingerprint density at radius 1 is 0.889 bits per heavy atom. The van der Waals surface area contributed by atoms with Crippen molar-refractivity contribution in [3.05, 3.63) is 113 Å². The van der Waals surface area contributed by atoms with E-state index in [1.807, 2.05) is 6.07 Å². The number of esters is 1. The third kappa shape index (κ3) is 10.5. The molecule has 0 bridgehead atoms.